The lowest BCUT2D eigenvalue weighted by Gasteiger charge is -2.08. The van der Waals surface area contributed by atoms with E-state index in [2.05, 4.69) is 26.1 Å². The molecule has 2 aromatic heterocycles. The van der Waals surface area contributed by atoms with E-state index in [1.807, 2.05) is 0 Å². The van der Waals surface area contributed by atoms with Crippen molar-refractivity contribution in [3.05, 3.63) is 58.6 Å². The molecular weight excluding hydrogens is 383 g/mol. The van der Waals surface area contributed by atoms with Crippen LogP contribution in [0.4, 0.5) is 4.39 Å². The van der Waals surface area contributed by atoms with Gasteiger partial charge in [-0.05, 0) is 40.2 Å². The summed E-state index contributed by atoms with van der Waals surface area (Å²) in [6.07, 6.45) is 1.52. The minimum absolute atomic E-state index is 0.0108. The molecule has 124 valence electrons. The van der Waals surface area contributed by atoms with Gasteiger partial charge >= 0.3 is 5.97 Å². The summed E-state index contributed by atoms with van der Waals surface area (Å²) in [5.41, 5.74) is 0.709. The molecule has 0 atom stereocenters. The minimum atomic E-state index is -0.567. The first-order valence-corrected chi connectivity index (χ1v) is 7.77. The number of ether oxygens (including phenoxy) is 2. The van der Waals surface area contributed by atoms with Gasteiger partial charge in [-0.15, -0.1) is 0 Å². The van der Waals surface area contributed by atoms with E-state index in [0.29, 0.717) is 21.7 Å². The summed E-state index contributed by atoms with van der Waals surface area (Å²) in [4.78, 5) is 11.9. The average Bonchev–Trinajstić information content (AvgIpc) is 3.25. The standard InChI is InChI=1S/C16H12BrFN2O4/c17-11-4-3-10(18)8-15(11)23-6-7-24-16(21)13-9-12(19-20-13)14-2-1-5-22-14/h1-5,8-9H,6-7H2,(H,19,20). The Morgan fingerprint density at radius 3 is 2.96 bits per heavy atom. The topological polar surface area (TPSA) is 77.3 Å². The molecule has 0 amide bonds. The Bertz CT molecular complexity index is 832. The van der Waals surface area contributed by atoms with Crippen molar-refractivity contribution in [1.82, 2.24) is 10.2 Å². The second-order valence-corrected chi connectivity index (χ2v) is 5.56. The minimum Gasteiger partial charge on any atom is -0.489 e. The Kier molecular flexibility index (Phi) is 4.95. The van der Waals surface area contributed by atoms with E-state index in [1.165, 1.54) is 30.5 Å². The summed E-state index contributed by atoms with van der Waals surface area (Å²) >= 11 is 3.25. The molecule has 0 fully saturated rings. The van der Waals surface area contributed by atoms with Gasteiger partial charge in [0.25, 0.3) is 0 Å². The van der Waals surface area contributed by atoms with E-state index < -0.39 is 11.8 Å². The van der Waals surface area contributed by atoms with Crippen molar-refractivity contribution in [3.8, 4) is 17.2 Å². The van der Waals surface area contributed by atoms with Gasteiger partial charge in [0.1, 0.15) is 36.2 Å². The summed E-state index contributed by atoms with van der Waals surface area (Å²) in [7, 11) is 0. The third-order valence-corrected chi connectivity index (χ3v) is 3.69. The number of carbonyl (C=O) groups excluding carboxylic acids is 1. The molecule has 0 bridgehead atoms. The summed E-state index contributed by atoms with van der Waals surface area (Å²) in [6.45, 7) is 0.101. The third-order valence-electron chi connectivity index (χ3n) is 3.04. The Balaban J connectivity index is 1.50. The van der Waals surface area contributed by atoms with Crippen LogP contribution < -0.4 is 4.74 Å². The highest BCUT2D eigenvalue weighted by atomic mass is 79.9. The molecule has 1 N–H and O–H groups in total. The molecule has 0 radical (unpaired) electrons. The highest BCUT2D eigenvalue weighted by molar-refractivity contribution is 9.10. The number of benzene rings is 1. The van der Waals surface area contributed by atoms with Crippen LogP contribution in [0.1, 0.15) is 10.5 Å². The van der Waals surface area contributed by atoms with E-state index in [-0.39, 0.29) is 18.9 Å². The van der Waals surface area contributed by atoms with Crippen LogP contribution in [0, 0.1) is 5.82 Å². The van der Waals surface area contributed by atoms with E-state index in [4.69, 9.17) is 13.9 Å². The predicted octanol–water partition coefficient (Wildman–Crippen LogP) is 3.81. The zero-order valence-electron chi connectivity index (χ0n) is 12.3. The van der Waals surface area contributed by atoms with E-state index in [0.717, 1.165) is 0 Å². The Labute approximate surface area is 144 Å². The molecule has 0 aliphatic heterocycles. The number of halogens is 2. The van der Waals surface area contributed by atoms with Gasteiger partial charge in [-0.1, -0.05) is 0 Å². The molecule has 24 heavy (non-hydrogen) atoms. The molecule has 0 saturated carbocycles. The zero-order chi connectivity index (χ0) is 16.9. The van der Waals surface area contributed by atoms with Gasteiger partial charge in [-0.3, -0.25) is 5.10 Å². The van der Waals surface area contributed by atoms with Crippen LogP contribution >= 0.6 is 15.9 Å². The Morgan fingerprint density at radius 1 is 1.29 bits per heavy atom. The van der Waals surface area contributed by atoms with Gasteiger partial charge in [0.2, 0.25) is 0 Å². The number of carbonyl (C=O) groups is 1. The van der Waals surface area contributed by atoms with Gasteiger partial charge in [0, 0.05) is 12.1 Å². The zero-order valence-corrected chi connectivity index (χ0v) is 13.9. The maximum atomic E-state index is 13.1. The first kappa shape index (κ1) is 16.3. The van der Waals surface area contributed by atoms with Crippen molar-refractivity contribution in [1.29, 1.82) is 0 Å². The molecule has 0 unspecified atom stereocenters. The molecule has 1 aromatic carbocycles. The second-order valence-electron chi connectivity index (χ2n) is 4.70. The fourth-order valence-corrected chi connectivity index (χ4v) is 2.29. The summed E-state index contributed by atoms with van der Waals surface area (Å²) in [5, 5.41) is 6.56. The molecule has 6 nitrogen and oxygen atoms in total. The van der Waals surface area contributed by atoms with Gasteiger partial charge < -0.3 is 13.9 Å². The first-order chi connectivity index (χ1) is 11.6. The number of furan rings is 1. The number of H-pyrrole nitrogens is 1. The second kappa shape index (κ2) is 7.31. The normalized spacial score (nSPS) is 10.6. The van der Waals surface area contributed by atoms with Crippen LogP contribution in [0.3, 0.4) is 0 Å². The van der Waals surface area contributed by atoms with Gasteiger partial charge in [0.05, 0.1) is 10.7 Å². The SMILES string of the molecule is O=C(OCCOc1cc(F)ccc1Br)c1cc(-c2ccco2)n[nH]1. The third kappa shape index (κ3) is 3.83. The highest BCUT2D eigenvalue weighted by Gasteiger charge is 2.13. The van der Waals surface area contributed by atoms with Crippen molar-refractivity contribution < 1.29 is 23.1 Å². The molecule has 0 spiro atoms. The van der Waals surface area contributed by atoms with E-state index in [1.54, 1.807) is 12.1 Å². The Morgan fingerprint density at radius 2 is 2.17 bits per heavy atom. The summed E-state index contributed by atoms with van der Waals surface area (Å²) < 4.78 is 29.4. The summed E-state index contributed by atoms with van der Waals surface area (Å²) in [6, 6.07) is 9.09. The smallest absolute Gasteiger partial charge is 0.356 e. The molecule has 0 aliphatic rings. The number of esters is 1. The number of nitrogens with one attached hydrogen (secondary N) is 1. The van der Waals surface area contributed by atoms with E-state index >= 15 is 0 Å². The molecule has 0 saturated heterocycles. The number of hydrogen-bond donors (Lipinski definition) is 1. The number of rotatable bonds is 6. The van der Waals surface area contributed by atoms with Crippen molar-refractivity contribution >= 4 is 21.9 Å². The summed E-state index contributed by atoms with van der Waals surface area (Å²) in [5.74, 6) is -0.0902. The predicted molar refractivity (Wildman–Crippen MR) is 86.2 cm³/mol. The molecule has 8 heteroatoms. The van der Waals surface area contributed by atoms with Crippen molar-refractivity contribution in [2.24, 2.45) is 0 Å². The van der Waals surface area contributed by atoms with Crippen LogP contribution in [0.15, 0.2) is 51.6 Å². The largest absolute Gasteiger partial charge is 0.489 e. The number of nitrogens with zero attached hydrogens (tertiary/aromatic N) is 1. The van der Waals surface area contributed by atoms with Gasteiger partial charge in [0.15, 0.2) is 5.76 Å². The lowest BCUT2D eigenvalue weighted by Crippen LogP contribution is -2.13. The Hall–Kier alpha value is -2.61. The van der Waals surface area contributed by atoms with E-state index in [9.17, 15) is 9.18 Å². The van der Waals surface area contributed by atoms with Crippen LogP contribution in [0.2, 0.25) is 0 Å². The van der Waals surface area contributed by atoms with Crippen molar-refractivity contribution in [3.63, 3.8) is 0 Å². The molecule has 3 aromatic rings. The van der Waals surface area contributed by atoms with Crippen LogP contribution in [0.5, 0.6) is 5.75 Å². The maximum absolute atomic E-state index is 13.1. The molecule has 0 aliphatic carbocycles. The fourth-order valence-electron chi connectivity index (χ4n) is 1.93. The van der Waals surface area contributed by atoms with Crippen LogP contribution in [-0.2, 0) is 4.74 Å². The first-order valence-electron chi connectivity index (χ1n) is 6.98. The highest BCUT2D eigenvalue weighted by Crippen LogP contribution is 2.25. The lowest BCUT2D eigenvalue weighted by molar-refractivity contribution is 0.0443. The van der Waals surface area contributed by atoms with Crippen LogP contribution in [-0.4, -0.2) is 29.4 Å². The number of hydrogen-bond acceptors (Lipinski definition) is 5. The van der Waals surface area contributed by atoms with Crippen molar-refractivity contribution in [2.75, 3.05) is 13.2 Å². The van der Waals surface area contributed by atoms with Gasteiger partial charge in [-0.25, -0.2) is 9.18 Å². The van der Waals surface area contributed by atoms with Crippen molar-refractivity contribution in [2.45, 2.75) is 0 Å². The molecule has 2 heterocycles. The molecular formula is C16H12BrFN2O4. The fraction of sp³-hybridized carbons (Fsp3) is 0.125. The van der Waals surface area contributed by atoms with Gasteiger partial charge in [-0.2, -0.15) is 5.10 Å². The number of aromatic nitrogens is 2. The monoisotopic (exact) mass is 394 g/mol. The van der Waals surface area contributed by atoms with Crippen LogP contribution in [0.25, 0.3) is 11.5 Å². The quantitative estimate of drug-likeness (QED) is 0.508. The number of aromatic amines is 1. The lowest BCUT2D eigenvalue weighted by atomic mass is 10.3. The maximum Gasteiger partial charge on any atom is 0.356 e. The average molecular weight is 395 g/mol. The molecule has 3 rings (SSSR count).